The summed E-state index contributed by atoms with van der Waals surface area (Å²) < 4.78 is 5.15. The minimum Gasteiger partial charge on any atom is -0.481 e. The number of aromatic nitrogens is 2. The van der Waals surface area contributed by atoms with Gasteiger partial charge in [0.05, 0.1) is 30.6 Å². The molecule has 0 spiro atoms. The number of nitrogens with one attached hydrogen (secondary N) is 3. The van der Waals surface area contributed by atoms with Crippen LogP contribution in [0, 0.1) is 0 Å². The van der Waals surface area contributed by atoms with Gasteiger partial charge in [-0.15, -0.1) is 0 Å². The number of amides is 2. The van der Waals surface area contributed by atoms with Gasteiger partial charge in [0.25, 0.3) is 5.91 Å². The smallest absolute Gasteiger partial charge is 0.305 e. The largest absolute Gasteiger partial charge is 0.481 e. The molecule has 1 unspecified atom stereocenters. The number of imidazole rings is 1. The average molecular weight is 451 g/mol. The molecule has 0 aliphatic carbocycles. The molecule has 4 rings (SSSR count). The van der Waals surface area contributed by atoms with Gasteiger partial charge in [-0.05, 0) is 35.9 Å². The minimum absolute atomic E-state index is 0.193. The molecule has 0 radical (unpaired) electrons. The summed E-state index contributed by atoms with van der Waals surface area (Å²) >= 11 is 0. The number of anilines is 1. The molecule has 172 valence electrons. The van der Waals surface area contributed by atoms with E-state index in [-0.39, 0.29) is 31.3 Å². The van der Waals surface area contributed by atoms with Crippen molar-refractivity contribution in [2.75, 3.05) is 25.2 Å². The Morgan fingerprint density at radius 3 is 2.85 bits per heavy atom. The lowest BCUT2D eigenvalue weighted by molar-refractivity contribution is -0.139. The number of carboxylic acids is 1. The number of hydrogen-bond donors (Lipinski definition) is 4. The molecule has 1 aromatic heterocycles. The summed E-state index contributed by atoms with van der Waals surface area (Å²) in [4.78, 5) is 46.1. The van der Waals surface area contributed by atoms with E-state index in [1.165, 1.54) is 0 Å². The van der Waals surface area contributed by atoms with Crippen LogP contribution in [0.25, 0.3) is 11.0 Å². The number of carbonyl (C=O) groups is 3. The fourth-order valence-electron chi connectivity index (χ4n) is 3.95. The highest BCUT2D eigenvalue weighted by Gasteiger charge is 2.32. The van der Waals surface area contributed by atoms with Crippen molar-refractivity contribution in [3.05, 3.63) is 59.4 Å². The van der Waals surface area contributed by atoms with Crippen molar-refractivity contribution in [1.29, 1.82) is 0 Å². The Kier molecular flexibility index (Phi) is 6.55. The zero-order chi connectivity index (χ0) is 23.4. The van der Waals surface area contributed by atoms with Gasteiger partial charge in [0, 0.05) is 31.5 Å². The van der Waals surface area contributed by atoms with Gasteiger partial charge >= 0.3 is 5.97 Å². The van der Waals surface area contributed by atoms with E-state index in [4.69, 9.17) is 4.74 Å². The van der Waals surface area contributed by atoms with Gasteiger partial charge in [0.1, 0.15) is 11.9 Å². The molecule has 0 saturated carbocycles. The Bertz CT molecular complexity index is 1160. The number of hydrogen-bond acceptors (Lipinski definition) is 6. The number of benzene rings is 2. The van der Waals surface area contributed by atoms with Crippen LogP contribution in [0.15, 0.2) is 42.5 Å². The highest BCUT2D eigenvalue weighted by Crippen LogP contribution is 2.28. The maximum atomic E-state index is 12.8. The van der Waals surface area contributed by atoms with E-state index in [0.717, 1.165) is 16.6 Å². The number of aliphatic carboxylic acids is 1. The van der Waals surface area contributed by atoms with Crippen LogP contribution in [0.1, 0.15) is 28.2 Å². The van der Waals surface area contributed by atoms with Crippen molar-refractivity contribution in [3.8, 4) is 0 Å². The predicted molar refractivity (Wildman–Crippen MR) is 121 cm³/mol. The second kappa shape index (κ2) is 9.70. The highest BCUT2D eigenvalue weighted by atomic mass is 16.5. The first-order chi connectivity index (χ1) is 16.0. The van der Waals surface area contributed by atoms with E-state index in [0.29, 0.717) is 30.2 Å². The number of para-hydroxylation sites is 2. The summed E-state index contributed by atoms with van der Waals surface area (Å²) in [5.41, 5.74) is 3.58. The van der Waals surface area contributed by atoms with Crippen molar-refractivity contribution in [2.24, 2.45) is 0 Å². The van der Waals surface area contributed by atoms with E-state index in [1.54, 1.807) is 30.2 Å². The van der Waals surface area contributed by atoms with E-state index in [2.05, 4.69) is 20.6 Å². The summed E-state index contributed by atoms with van der Waals surface area (Å²) in [6.07, 6.45) is -0.339. The maximum absolute atomic E-state index is 12.8. The molecule has 4 N–H and O–H groups in total. The van der Waals surface area contributed by atoms with Crippen molar-refractivity contribution in [1.82, 2.24) is 20.6 Å². The third-order valence-corrected chi connectivity index (χ3v) is 5.54. The first-order valence-corrected chi connectivity index (χ1v) is 10.6. The van der Waals surface area contributed by atoms with E-state index in [1.807, 2.05) is 24.3 Å². The lowest BCUT2D eigenvalue weighted by Gasteiger charge is -2.30. The fourth-order valence-corrected chi connectivity index (χ4v) is 3.95. The molecule has 2 aromatic carbocycles. The monoisotopic (exact) mass is 451 g/mol. The first-order valence-electron chi connectivity index (χ1n) is 10.6. The summed E-state index contributed by atoms with van der Waals surface area (Å²) in [5, 5.41) is 14.9. The number of ether oxygens (including phenoxy) is 1. The second-order valence-electron chi connectivity index (χ2n) is 7.74. The Hall–Kier alpha value is -3.92. The molecule has 0 fully saturated rings. The summed E-state index contributed by atoms with van der Waals surface area (Å²) in [6, 6.07) is 11.9. The van der Waals surface area contributed by atoms with Gasteiger partial charge in [0.15, 0.2) is 0 Å². The first kappa shape index (κ1) is 22.3. The predicted octanol–water partition coefficient (Wildman–Crippen LogP) is 1.42. The van der Waals surface area contributed by atoms with E-state index >= 15 is 0 Å². The highest BCUT2D eigenvalue weighted by molar-refractivity contribution is 5.96. The molecule has 10 nitrogen and oxygen atoms in total. The molecule has 33 heavy (non-hydrogen) atoms. The number of nitrogens with zero attached hydrogens (tertiary/aromatic N) is 2. The third kappa shape index (κ3) is 4.96. The van der Waals surface area contributed by atoms with Crippen molar-refractivity contribution in [3.63, 3.8) is 0 Å². The molecule has 0 bridgehead atoms. The van der Waals surface area contributed by atoms with Gasteiger partial charge in [-0.3, -0.25) is 14.4 Å². The Morgan fingerprint density at radius 1 is 1.27 bits per heavy atom. The number of rotatable bonds is 8. The molecule has 2 heterocycles. The second-order valence-corrected chi connectivity index (χ2v) is 7.74. The number of H-pyrrole nitrogens is 1. The fraction of sp³-hybridized carbons (Fsp3) is 0.304. The molecular formula is C23H25N5O5. The molecule has 1 aliphatic heterocycles. The summed E-state index contributed by atoms with van der Waals surface area (Å²) in [5.74, 6) is -1.07. The molecule has 0 saturated heterocycles. The van der Waals surface area contributed by atoms with Gasteiger partial charge in [-0.2, -0.15) is 0 Å². The Morgan fingerprint density at radius 2 is 2.09 bits per heavy atom. The quantitative estimate of drug-likeness (QED) is 0.407. The van der Waals surface area contributed by atoms with Gasteiger partial charge in [-0.25, -0.2) is 4.98 Å². The van der Waals surface area contributed by atoms with E-state index < -0.39 is 12.0 Å². The van der Waals surface area contributed by atoms with Crippen molar-refractivity contribution < 1.29 is 24.2 Å². The summed E-state index contributed by atoms with van der Waals surface area (Å²) in [7, 11) is 1.54. The molecule has 2 amide bonds. The molecule has 1 atom stereocenters. The lowest BCUT2D eigenvalue weighted by Crippen LogP contribution is -2.47. The molecule has 10 heteroatoms. The summed E-state index contributed by atoms with van der Waals surface area (Å²) in [6.45, 7) is 1.09. The van der Waals surface area contributed by atoms with Gasteiger partial charge in [0.2, 0.25) is 5.91 Å². The maximum Gasteiger partial charge on any atom is 0.305 e. The number of methoxy groups -OCH3 is 1. The molecular weight excluding hydrogens is 426 g/mol. The van der Waals surface area contributed by atoms with Crippen LogP contribution in [0.2, 0.25) is 0 Å². The minimum atomic E-state index is -1.07. The van der Waals surface area contributed by atoms with Crippen LogP contribution in [0.4, 0.5) is 5.69 Å². The van der Waals surface area contributed by atoms with Crippen LogP contribution in [-0.4, -0.2) is 59.2 Å². The van der Waals surface area contributed by atoms with Crippen LogP contribution in [0.5, 0.6) is 0 Å². The van der Waals surface area contributed by atoms with Crippen LogP contribution >= 0.6 is 0 Å². The number of aromatic amines is 1. The SMILES string of the molecule is COCCN1c2ccc(C(=O)NCc3nc4ccccc4[nH]3)cc2CNC(=O)C1CC(=O)O. The molecule has 1 aliphatic rings. The number of carboxylic acid groups (broad SMARTS) is 1. The topological polar surface area (TPSA) is 137 Å². The van der Waals surface area contributed by atoms with Crippen LogP contribution in [0.3, 0.4) is 0 Å². The molecule has 3 aromatic rings. The standard InChI is InChI=1S/C23H25N5O5/c1-33-9-8-28-18-7-6-14(10-15(18)12-24-23(32)19(28)11-21(29)30)22(31)25-13-20-26-16-4-2-3-5-17(16)27-20/h2-7,10,19H,8-9,11-13H2,1H3,(H,24,32)(H,25,31)(H,26,27)(H,29,30). The zero-order valence-electron chi connectivity index (χ0n) is 18.1. The van der Waals surface area contributed by atoms with E-state index in [9.17, 15) is 19.5 Å². The lowest BCUT2D eigenvalue weighted by atomic mass is 10.1. The normalized spacial score (nSPS) is 15.6. The number of carbonyl (C=O) groups excluding carboxylic acids is 2. The zero-order valence-corrected chi connectivity index (χ0v) is 18.1. The van der Waals surface area contributed by atoms with Crippen LogP contribution in [-0.2, 0) is 27.4 Å². The number of fused-ring (bicyclic) bond motifs is 2. The Labute approximate surface area is 189 Å². The third-order valence-electron chi connectivity index (χ3n) is 5.54. The average Bonchev–Trinajstić information content (AvgIpc) is 3.18. The van der Waals surface area contributed by atoms with Crippen LogP contribution < -0.4 is 15.5 Å². The van der Waals surface area contributed by atoms with Crippen molar-refractivity contribution in [2.45, 2.75) is 25.6 Å². The van der Waals surface area contributed by atoms with Crippen molar-refractivity contribution >= 4 is 34.5 Å². The van der Waals surface area contributed by atoms with Gasteiger partial charge in [-0.1, -0.05) is 12.1 Å². The van der Waals surface area contributed by atoms with Gasteiger partial charge < -0.3 is 30.4 Å². The Balaban J connectivity index is 1.53.